The molecule has 0 aliphatic carbocycles. The van der Waals surface area contributed by atoms with Gasteiger partial charge in [-0.3, -0.25) is 0 Å². The Bertz CT molecular complexity index is 363. The number of nitrogens with one attached hydrogen (secondary N) is 1. The van der Waals surface area contributed by atoms with Crippen molar-refractivity contribution in [2.45, 2.75) is 20.3 Å². The first-order chi connectivity index (χ1) is 6.79. The van der Waals surface area contributed by atoms with Crippen molar-refractivity contribution in [3.8, 4) is 0 Å². The summed E-state index contributed by atoms with van der Waals surface area (Å²) in [6.07, 6.45) is 1.18. The zero-order chi connectivity index (χ0) is 9.97. The highest BCUT2D eigenvalue weighted by Gasteiger charge is 2.11. The van der Waals surface area contributed by atoms with Gasteiger partial charge in [-0.15, -0.1) is 0 Å². The molecule has 0 aromatic heterocycles. The summed E-state index contributed by atoms with van der Waals surface area (Å²) in [4.78, 5) is 0. The number of rotatable bonds is 1. The highest BCUT2D eigenvalue weighted by atomic mass is 14.9. The summed E-state index contributed by atoms with van der Waals surface area (Å²) in [5.41, 5.74) is 5.83. The number of hydrogen-bond donors (Lipinski definition) is 1. The van der Waals surface area contributed by atoms with Crippen molar-refractivity contribution in [3.63, 3.8) is 0 Å². The van der Waals surface area contributed by atoms with Crippen LogP contribution in [0.25, 0.3) is 5.57 Å². The van der Waals surface area contributed by atoms with E-state index in [1.165, 1.54) is 28.7 Å². The Morgan fingerprint density at radius 2 is 1.93 bits per heavy atom. The fraction of sp³-hybridized carbons (Fsp3) is 0.385. The molecule has 0 saturated heterocycles. The molecule has 0 amide bonds. The summed E-state index contributed by atoms with van der Waals surface area (Å²) in [6, 6.07) is 8.63. The third-order valence-electron chi connectivity index (χ3n) is 2.96. The highest BCUT2D eigenvalue weighted by molar-refractivity contribution is 5.72. The Morgan fingerprint density at radius 3 is 2.64 bits per heavy atom. The predicted octanol–water partition coefficient (Wildman–Crippen LogP) is 2.76. The van der Waals surface area contributed by atoms with Crippen LogP contribution in [0.3, 0.4) is 0 Å². The van der Waals surface area contributed by atoms with Crippen LogP contribution in [0.1, 0.15) is 24.5 Å². The Hall–Kier alpha value is -1.08. The molecule has 0 spiro atoms. The number of aryl methyl sites for hydroxylation is 1. The second-order valence-electron chi connectivity index (χ2n) is 4.00. The van der Waals surface area contributed by atoms with Gasteiger partial charge in [0.1, 0.15) is 0 Å². The van der Waals surface area contributed by atoms with E-state index in [1.807, 2.05) is 0 Å². The molecule has 1 heterocycles. The SMILES string of the molecule is CC1=C(c2ccccc2C)CNCC1. The van der Waals surface area contributed by atoms with Crippen LogP contribution in [-0.4, -0.2) is 13.1 Å². The zero-order valence-corrected chi connectivity index (χ0v) is 8.93. The number of hydrogen-bond acceptors (Lipinski definition) is 1. The van der Waals surface area contributed by atoms with Crippen LogP contribution in [0.2, 0.25) is 0 Å². The quantitative estimate of drug-likeness (QED) is 0.713. The van der Waals surface area contributed by atoms with Gasteiger partial charge >= 0.3 is 0 Å². The molecule has 1 aromatic carbocycles. The van der Waals surface area contributed by atoms with Crippen molar-refractivity contribution < 1.29 is 0 Å². The van der Waals surface area contributed by atoms with Gasteiger partial charge in [-0.2, -0.15) is 0 Å². The Balaban J connectivity index is 2.43. The lowest BCUT2D eigenvalue weighted by molar-refractivity contribution is 0.715. The van der Waals surface area contributed by atoms with Crippen molar-refractivity contribution in [2.75, 3.05) is 13.1 Å². The molecule has 0 saturated carbocycles. The van der Waals surface area contributed by atoms with Gasteiger partial charge in [-0.25, -0.2) is 0 Å². The fourth-order valence-corrected chi connectivity index (χ4v) is 2.03. The lowest BCUT2D eigenvalue weighted by atomic mass is 9.93. The van der Waals surface area contributed by atoms with Crippen LogP contribution < -0.4 is 5.32 Å². The lowest BCUT2D eigenvalue weighted by Gasteiger charge is -2.20. The van der Waals surface area contributed by atoms with Crippen LogP contribution in [0.15, 0.2) is 29.8 Å². The third-order valence-corrected chi connectivity index (χ3v) is 2.96. The number of benzene rings is 1. The summed E-state index contributed by atoms with van der Waals surface area (Å²) in [6.45, 7) is 6.59. The first-order valence-electron chi connectivity index (χ1n) is 5.24. The molecule has 1 nitrogen and oxygen atoms in total. The highest BCUT2D eigenvalue weighted by Crippen LogP contribution is 2.24. The van der Waals surface area contributed by atoms with E-state index in [0.29, 0.717) is 0 Å². The monoisotopic (exact) mass is 187 g/mol. The lowest BCUT2D eigenvalue weighted by Crippen LogP contribution is -2.24. The van der Waals surface area contributed by atoms with Crippen LogP contribution in [0, 0.1) is 6.92 Å². The maximum absolute atomic E-state index is 3.43. The second kappa shape index (κ2) is 3.97. The van der Waals surface area contributed by atoms with Crippen molar-refractivity contribution >= 4 is 5.57 Å². The van der Waals surface area contributed by atoms with E-state index in [1.54, 1.807) is 0 Å². The molecule has 14 heavy (non-hydrogen) atoms. The standard InChI is InChI=1S/C13H17N/c1-10-5-3-4-6-12(10)13-9-14-8-7-11(13)2/h3-6,14H,7-9H2,1-2H3. The van der Waals surface area contributed by atoms with Crippen LogP contribution in [0.5, 0.6) is 0 Å². The molecule has 2 rings (SSSR count). The Morgan fingerprint density at radius 1 is 1.14 bits per heavy atom. The summed E-state index contributed by atoms with van der Waals surface area (Å²) in [7, 11) is 0. The average Bonchev–Trinajstić information content (AvgIpc) is 2.20. The van der Waals surface area contributed by atoms with Gasteiger partial charge in [0.2, 0.25) is 0 Å². The van der Waals surface area contributed by atoms with Gasteiger partial charge in [-0.05, 0) is 43.5 Å². The molecule has 1 aliphatic heterocycles. The average molecular weight is 187 g/mol. The summed E-state index contributed by atoms with van der Waals surface area (Å²) in [5, 5.41) is 3.43. The van der Waals surface area contributed by atoms with E-state index >= 15 is 0 Å². The van der Waals surface area contributed by atoms with E-state index in [0.717, 1.165) is 13.1 Å². The van der Waals surface area contributed by atoms with Crippen LogP contribution >= 0.6 is 0 Å². The first kappa shape index (κ1) is 9.47. The largest absolute Gasteiger partial charge is 0.312 e. The van der Waals surface area contributed by atoms with Crippen LogP contribution in [-0.2, 0) is 0 Å². The van der Waals surface area contributed by atoms with Gasteiger partial charge < -0.3 is 5.32 Å². The summed E-state index contributed by atoms with van der Waals surface area (Å²) in [5.74, 6) is 0. The molecule has 0 atom stereocenters. The molecule has 1 aromatic rings. The third kappa shape index (κ3) is 1.73. The van der Waals surface area contributed by atoms with E-state index in [-0.39, 0.29) is 0 Å². The minimum Gasteiger partial charge on any atom is -0.312 e. The summed E-state index contributed by atoms with van der Waals surface area (Å²) < 4.78 is 0. The Labute approximate surface area is 85.8 Å². The Kier molecular flexibility index (Phi) is 2.69. The minimum atomic E-state index is 1.02. The minimum absolute atomic E-state index is 1.02. The van der Waals surface area contributed by atoms with Crippen molar-refractivity contribution in [1.29, 1.82) is 0 Å². The molecule has 1 heteroatoms. The molecular formula is C13H17N. The van der Waals surface area contributed by atoms with E-state index in [2.05, 4.69) is 43.4 Å². The van der Waals surface area contributed by atoms with Gasteiger partial charge in [0.05, 0.1) is 0 Å². The maximum Gasteiger partial charge on any atom is 0.0211 e. The molecule has 0 radical (unpaired) electrons. The molecular weight excluding hydrogens is 170 g/mol. The second-order valence-corrected chi connectivity index (χ2v) is 4.00. The summed E-state index contributed by atoms with van der Waals surface area (Å²) >= 11 is 0. The zero-order valence-electron chi connectivity index (χ0n) is 8.93. The van der Waals surface area contributed by atoms with E-state index < -0.39 is 0 Å². The van der Waals surface area contributed by atoms with Crippen molar-refractivity contribution in [1.82, 2.24) is 5.32 Å². The van der Waals surface area contributed by atoms with Gasteiger partial charge in [0.25, 0.3) is 0 Å². The van der Waals surface area contributed by atoms with E-state index in [4.69, 9.17) is 0 Å². The normalized spacial score (nSPS) is 17.3. The van der Waals surface area contributed by atoms with Gasteiger partial charge in [0, 0.05) is 6.54 Å². The predicted molar refractivity (Wildman–Crippen MR) is 61.3 cm³/mol. The molecule has 0 fully saturated rings. The van der Waals surface area contributed by atoms with Crippen molar-refractivity contribution in [3.05, 3.63) is 41.0 Å². The van der Waals surface area contributed by atoms with Gasteiger partial charge in [0.15, 0.2) is 0 Å². The molecule has 1 aliphatic rings. The molecule has 74 valence electrons. The fourth-order valence-electron chi connectivity index (χ4n) is 2.03. The molecule has 1 N–H and O–H groups in total. The first-order valence-corrected chi connectivity index (χ1v) is 5.24. The molecule has 0 unspecified atom stereocenters. The van der Waals surface area contributed by atoms with Gasteiger partial charge in [-0.1, -0.05) is 29.8 Å². The topological polar surface area (TPSA) is 12.0 Å². The van der Waals surface area contributed by atoms with E-state index in [9.17, 15) is 0 Å². The maximum atomic E-state index is 3.43. The van der Waals surface area contributed by atoms with Crippen LogP contribution in [0.4, 0.5) is 0 Å². The van der Waals surface area contributed by atoms with Crippen molar-refractivity contribution in [2.24, 2.45) is 0 Å². The smallest absolute Gasteiger partial charge is 0.0211 e. The molecule has 0 bridgehead atoms.